The fourth-order valence-electron chi connectivity index (χ4n) is 4.88. The van der Waals surface area contributed by atoms with E-state index in [0.29, 0.717) is 25.9 Å². The topological polar surface area (TPSA) is 113 Å². The zero-order chi connectivity index (χ0) is 29.6. The van der Waals surface area contributed by atoms with E-state index >= 15 is 0 Å². The van der Waals surface area contributed by atoms with Gasteiger partial charge in [-0.3, -0.25) is 9.98 Å². The van der Waals surface area contributed by atoms with Crippen LogP contribution in [0.1, 0.15) is 22.3 Å². The van der Waals surface area contributed by atoms with E-state index < -0.39 is 0 Å². The van der Waals surface area contributed by atoms with E-state index in [4.69, 9.17) is 9.98 Å². The monoisotopic (exact) mass is 566 g/mol. The molecule has 3 aromatic rings. The molecule has 2 aliphatic rings. The van der Waals surface area contributed by atoms with Crippen molar-refractivity contribution in [3.63, 3.8) is 0 Å². The Kier molecular flexibility index (Phi) is 8.94. The second-order valence-electron chi connectivity index (χ2n) is 11.1. The molecular weight excluding hydrogens is 528 g/mol. The number of anilines is 2. The highest BCUT2D eigenvalue weighted by Crippen LogP contribution is 2.33. The second kappa shape index (κ2) is 13.0. The van der Waals surface area contributed by atoms with Crippen molar-refractivity contribution in [2.24, 2.45) is 9.98 Å². The van der Waals surface area contributed by atoms with E-state index in [-0.39, 0.29) is 12.1 Å². The minimum Gasteiger partial charge on any atom is -0.337 e. The Morgan fingerprint density at radius 2 is 1.05 bits per heavy atom. The van der Waals surface area contributed by atoms with Gasteiger partial charge in [-0.1, -0.05) is 24.3 Å². The minimum absolute atomic E-state index is 0.211. The molecule has 218 valence electrons. The number of rotatable bonds is 10. The number of nitrogens with one attached hydrogen (secondary N) is 4. The molecule has 42 heavy (non-hydrogen) atoms. The predicted octanol–water partition coefficient (Wildman–Crippen LogP) is 4.41. The van der Waals surface area contributed by atoms with Gasteiger partial charge in [-0.25, -0.2) is 9.59 Å². The Labute approximate surface area is 246 Å². The van der Waals surface area contributed by atoms with Crippen molar-refractivity contribution in [1.29, 1.82) is 0 Å². The van der Waals surface area contributed by atoms with Gasteiger partial charge in [-0.15, -0.1) is 0 Å². The third-order valence-electron chi connectivity index (χ3n) is 7.14. The number of urea groups is 2. The molecule has 0 aliphatic carbocycles. The quantitative estimate of drug-likeness (QED) is 0.291. The van der Waals surface area contributed by atoms with Crippen LogP contribution in [0.4, 0.5) is 32.3 Å². The number of amides is 4. The van der Waals surface area contributed by atoms with E-state index in [0.717, 1.165) is 69.5 Å². The molecule has 2 heterocycles. The van der Waals surface area contributed by atoms with Crippen molar-refractivity contribution in [2.75, 3.05) is 65.0 Å². The number of hydrogen-bond acceptors (Lipinski definition) is 6. The number of carbonyl (C=O) groups excluding carboxylic acids is 2. The van der Waals surface area contributed by atoms with E-state index in [1.165, 1.54) is 0 Å². The number of carbonyl (C=O) groups is 2. The molecule has 0 radical (unpaired) electrons. The largest absolute Gasteiger partial charge is 0.337 e. The molecule has 10 heteroatoms. The number of aliphatic imine (C=N–C) groups is 2. The fourth-order valence-corrected chi connectivity index (χ4v) is 4.88. The van der Waals surface area contributed by atoms with Crippen molar-refractivity contribution < 1.29 is 9.59 Å². The molecule has 0 aromatic heterocycles. The van der Waals surface area contributed by atoms with Crippen molar-refractivity contribution in [3.05, 3.63) is 82.9 Å². The average Bonchev–Trinajstić information content (AvgIpc) is 3.56. The molecule has 0 saturated carbocycles. The Morgan fingerprint density at radius 3 is 1.43 bits per heavy atom. The number of nitrogens with zero attached hydrogens (tertiary/aromatic N) is 4. The molecule has 0 atom stereocenters. The summed E-state index contributed by atoms with van der Waals surface area (Å²) in [6.45, 7) is 2.73. The molecule has 0 unspecified atom stereocenters. The summed E-state index contributed by atoms with van der Waals surface area (Å²) < 4.78 is 0. The van der Waals surface area contributed by atoms with Gasteiger partial charge in [0.25, 0.3) is 0 Å². The lowest BCUT2D eigenvalue weighted by molar-refractivity contribution is 0.250. The van der Waals surface area contributed by atoms with Crippen LogP contribution in [-0.4, -0.2) is 87.7 Å². The van der Waals surface area contributed by atoms with Gasteiger partial charge in [0.1, 0.15) is 0 Å². The van der Waals surface area contributed by atoms with Crippen molar-refractivity contribution >= 4 is 46.2 Å². The summed E-state index contributed by atoms with van der Waals surface area (Å²) in [6, 6.07) is 19.6. The van der Waals surface area contributed by atoms with Crippen molar-refractivity contribution in [3.8, 4) is 0 Å². The first-order valence-corrected chi connectivity index (χ1v) is 14.1. The van der Waals surface area contributed by atoms with Crippen LogP contribution in [0, 0.1) is 0 Å². The predicted molar refractivity (Wildman–Crippen MR) is 170 cm³/mol. The number of hydrogen-bond donors (Lipinski definition) is 4. The molecule has 2 aliphatic heterocycles. The highest BCUT2D eigenvalue weighted by molar-refractivity contribution is 6.09. The van der Waals surface area contributed by atoms with Gasteiger partial charge in [0, 0.05) is 50.4 Å². The SMILES string of the molecule is CN(C)CCNC(=O)Nc1ccc2c(c1)CC(c1ccc(C3=Nc4ccc(NC(=O)NCCN(C)C)cc4C3)cc1)=N2. The lowest BCUT2D eigenvalue weighted by Crippen LogP contribution is -2.34. The summed E-state index contributed by atoms with van der Waals surface area (Å²) in [5, 5.41) is 11.6. The summed E-state index contributed by atoms with van der Waals surface area (Å²) in [5.41, 5.74) is 9.68. The van der Waals surface area contributed by atoms with E-state index in [1.54, 1.807) is 0 Å². The van der Waals surface area contributed by atoms with Crippen LogP contribution < -0.4 is 21.3 Å². The first-order valence-electron chi connectivity index (χ1n) is 14.1. The molecule has 3 aromatic carbocycles. The maximum absolute atomic E-state index is 12.2. The second-order valence-corrected chi connectivity index (χ2v) is 11.1. The summed E-state index contributed by atoms with van der Waals surface area (Å²) in [4.78, 5) is 38.1. The lowest BCUT2D eigenvalue weighted by atomic mass is 9.99. The lowest BCUT2D eigenvalue weighted by Gasteiger charge is -2.11. The average molecular weight is 567 g/mol. The minimum atomic E-state index is -0.211. The number of fused-ring (bicyclic) bond motifs is 2. The normalized spacial score (nSPS) is 13.4. The highest BCUT2D eigenvalue weighted by atomic mass is 16.2. The van der Waals surface area contributed by atoms with Crippen LogP contribution >= 0.6 is 0 Å². The van der Waals surface area contributed by atoms with E-state index in [1.807, 2.05) is 74.4 Å². The van der Waals surface area contributed by atoms with Crippen LogP contribution in [0.25, 0.3) is 0 Å². The van der Waals surface area contributed by atoms with Crippen molar-refractivity contribution in [1.82, 2.24) is 20.4 Å². The Morgan fingerprint density at radius 1 is 0.643 bits per heavy atom. The fraction of sp³-hybridized carbons (Fsp3) is 0.312. The van der Waals surface area contributed by atoms with Crippen molar-refractivity contribution in [2.45, 2.75) is 12.8 Å². The van der Waals surface area contributed by atoms with Gasteiger partial charge in [-0.05, 0) is 86.8 Å². The Bertz CT molecular complexity index is 1410. The zero-order valence-electron chi connectivity index (χ0n) is 24.6. The van der Waals surface area contributed by atoms with Gasteiger partial charge in [0.05, 0.1) is 22.8 Å². The standard InChI is InChI=1S/C32H38N8O2/c1-39(2)15-13-33-31(41)35-25-9-11-27-23(17-25)19-29(37-27)21-5-7-22(8-6-21)30-20-24-18-26(10-12-28(24)38-30)36-32(42)34-14-16-40(3)4/h5-12,17-18H,13-16,19-20H2,1-4H3,(H2,33,35,41)(H2,34,36,42). The van der Waals surface area contributed by atoms with Crippen LogP contribution in [0.15, 0.2) is 70.6 Å². The third kappa shape index (κ3) is 7.39. The first kappa shape index (κ1) is 29.0. The third-order valence-corrected chi connectivity index (χ3v) is 7.14. The molecule has 4 N–H and O–H groups in total. The van der Waals surface area contributed by atoms with Crippen LogP contribution in [0.2, 0.25) is 0 Å². The molecule has 0 bridgehead atoms. The maximum Gasteiger partial charge on any atom is 0.319 e. The molecule has 0 spiro atoms. The van der Waals surface area contributed by atoms with Gasteiger partial charge in [0.15, 0.2) is 0 Å². The van der Waals surface area contributed by atoms with Crippen LogP contribution in [0.5, 0.6) is 0 Å². The maximum atomic E-state index is 12.2. The van der Waals surface area contributed by atoms with E-state index in [2.05, 4.69) is 45.5 Å². The summed E-state index contributed by atoms with van der Waals surface area (Å²) >= 11 is 0. The molecular formula is C32H38N8O2. The van der Waals surface area contributed by atoms with Crippen LogP contribution in [0.3, 0.4) is 0 Å². The number of likely N-dealkylation sites (N-methyl/N-ethyl adjacent to an activating group) is 2. The van der Waals surface area contributed by atoms with Gasteiger partial charge >= 0.3 is 12.1 Å². The molecule has 0 fully saturated rings. The molecule has 0 saturated heterocycles. The molecule has 5 rings (SSSR count). The van der Waals surface area contributed by atoms with Crippen LogP contribution in [-0.2, 0) is 12.8 Å². The van der Waals surface area contributed by atoms with Gasteiger partial charge in [0.2, 0.25) is 0 Å². The van der Waals surface area contributed by atoms with Gasteiger partial charge < -0.3 is 31.1 Å². The smallest absolute Gasteiger partial charge is 0.319 e. The summed E-state index contributed by atoms with van der Waals surface area (Å²) in [5.74, 6) is 0. The Balaban J connectivity index is 1.16. The van der Waals surface area contributed by atoms with Gasteiger partial charge in [-0.2, -0.15) is 0 Å². The summed E-state index contributed by atoms with van der Waals surface area (Å²) in [7, 11) is 7.89. The van der Waals surface area contributed by atoms with E-state index in [9.17, 15) is 9.59 Å². The molecule has 4 amide bonds. The highest BCUT2D eigenvalue weighted by Gasteiger charge is 2.20. The zero-order valence-corrected chi connectivity index (χ0v) is 24.6. The Hall–Kier alpha value is -4.54. The first-order chi connectivity index (χ1) is 20.2. The molecule has 10 nitrogen and oxygen atoms in total. The summed E-state index contributed by atoms with van der Waals surface area (Å²) in [6.07, 6.45) is 1.41. The number of benzene rings is 3.